The molecule has 1 atom stereocenters. The van der Waals surface area contributed by atoms with Gasteiger partial charge in [0.1, 0.15) is 5.78 Å². The van der Waals surface area contributed by atoms with E-state index < -0.39 is 0 Å². The molecule has 0 spiro atoms. The molecule has 1 unspecified atom stereocenters. The Morgan fingerprint density at radius 2 is 2.00 bits per heavy atom. The molecule has 0 bridgehead atoms. The lowest BCUT2D eigenvalue weighted by atomic mass is 9.80. The van der Waals surface area contributed by atoms with Crippen molar-refractivity contribution >= 4 is 34.2 Å². The van der Waals surface area contributed by atoms with Crippen LogP contribution in [0.1, 0.15) is 44.9 Å². The van der Waals surface area contributed by atoms with E-state index in [-0.39, 0.29) is 5.92 Å². The minimum atomic E-state index is 0.227. The lowest BCUT2D eigenvalue weighted by Gasteiger charge is -2.30. The number of H-pyrrole nitrogens is 1. The number of ketones is 1. The molecule has 1 aliphatic heterocycles. The third-order valence-corrected chi connectivity index (χ3v) is 7.29. The zero-order valence-corrected chi connectivity index (χ0v) is 19.0. The molecule has 3 aromatic rings. The zero-order chi connectivity index (χ0) is 21.9. The van der Waals surface area contributed by atoms with Crippen molar-refractivity contribution in [1.29, 1.82) is 0 Å². The van der Waals surface area contributed by atoms with Gasteiger partial charge in [-0.15, -0.1) is 0 Å². The molecule has 3 heterocycles. The predicted molar refractivity (Wildman–Crippen MR) is 129 cm³/mol. The number of nitrogens with zero attached hydrogens (tertiary/aromatic N) is 2. The van der Waals surface area contributed by atoms with Crippen molar-refractivity contribution in [2.75, 3.05) is 18.4 Å². The fraction of sp³-hybridized carbons (Fsp3) is 0.480. The van der Waals surface area contributed by atoms with Crippen molar-refractivity contribution in [3.05, 3.63) is 41.7 Å². The van der Waals surface area contributed by atoms with Crippen LogP contribution in [-0.2, 0) is 4.79 Å². The maximum atomic E-state index is 12.6. The Hall–Kier alpha value is -2.44. The van der Waals surface area contributed by atoms with Crippen LogP contribution in [0.3, 0.4) is 0 Å². The number of hydrogen-bond acceptors (Lipinski definition) is 5. The number of para-hydroxylation sites is 1. The second-order valence-electron chi connectivity index (χ2n) is 9.21. The molecule has 1 aromatic carbocycles. The Labute approximate surface area is 193 Å². The summed E-state index contributed by atoms with van der Waals surface area (Å²) < 4.78 is 0. The number of anilines is 1. The fourth-order valence-electron chi connectivity index (χ4n) is 5.16. The highest BCUT2D eigenvalue weighted by Crippen LogP contribution is 2.34. The summed E-state index contributed by atoms with van der Waals surface area (Å²) in [5.41, 5.74) is 2.78. The van der Waals surface area contributed by atoms with Crippen molar-refractivity contribution in [2.24, 2.45) is 11.8 Å². The number of piperidine rings is 1. The normalized spacial score (nSPS) is 23.8. The van der Waals surface area contributed by atoms with Crippen LogP contribution < -0.4 is 10.6 Å². The molecule has 168 valence electrons. The van der Waals surface area contributed by atoms with E-state index in [0.717, 1.165) is 80.2 Å². The predicted octanol–water partition coefficient (Wildman–Crippen LogP) is 5.21. The van der Waals surface area contributed by atoms with E-state index in [4.69, 9.17) is 16.6 Å². The van der Waals surface area contributed by atoms with Crippen LogP contribution in [0.4, 0.5) is 5.95 Å². The first kappa shape index (κ1) is 21.4. The summed E-state index contributed by atoms with van der Waals surface area (Å²) in [5, 5.41) is 8.51. The molecular formula is C25H30ClN5O. The molecule has 2 fully saturated rings. The third-order valence-electron chi connectivity index (χ3n) is 7.01. The number of aromatic nitrogens is 3. The summed E-state index contributed by atoms with van der Waals surface area (Å²) in [6.07, 6.45) is 10.8. The van der Waals surface area contributed by atoms with Crippen molar-refractivity contribution in [3.8, 4) is 11.3 Å². The number of carbonyl (C=O) groups is 1. The van der Waals surface area contributed by atoms with Gasteiger partial charge in [0.2, 0.25) is 5.95 Å². The number of halogens is 1. The number of benzene rings is 1. The molecule has 2 aromatic heterocycles. The van der Waals surface area contributed by atoms with Crippen LogP contribution in [0.15, 0.2) is 36.7 Å². The summed E-state index contributed by atoms with van der Waals surface area (Å²) in [4.78, 5) is 25.1. The largest absolute Gasteiger partial charge is 0.360 e. The number of fused-ring (bicyclic) bond motifs is 1. The van der Waals surface area contributed by atoms with Gasteiger partial charge in [0.15, 0.2) is 0 Å². The van der Waals surface area contributed by atoms with Gasteiger partial charge in [-0.25, -0.2) is 9.97 Å². The van der Waals surface area contributed by atoms with Gasteiger partial charge in [-0.2, -0.15) is 0 Å². The van der Waals surface area contributed by atoms with Crippen LogP contribution in [0.25, 0.3) is 22.2 Å². The molecule has 1 aliphatic carbocycles. The van der Waals surface area contributed by atoms with Crippen LogP contribution in [-0.4, -0.2) is 39.9 Å². The minimum Gasteiger partial charge on any atom is -0.360 e. The quantitative estimate of drug-likeness (QED) is 0.479. The smallest absolute Gasteiger partial charge is 0.223 e. The highest BCUT2D eigenvalue weighted by Gasteiger charge is 2.27. The van der Waals surface area contributed by atoms with Crippen LogP contribution in [0.2, 0.25) is 5.02 Å². The van der Waals surface area contributed by atoms with Gasteiger partial charge in [-0.1, -0.05) is 29.8 Å². The summed E-state index contributed by atoms with van der Waals surface area (Å²) >= 11 is 6.46. The minimum absolute atomic E-state index is 0.227. The Bertz CT molecular complexity index is 1080. The Kier molecular flexibility index (Phi) is 6.42. The van der Waals surface area contributed by atoms with Crippen molar-refractivity contribution < 1.29 is 4.79 Å². The maximum Gasteiger partial charge on any atom is 0.223 e. The molecule has 0 radical (unpaired) electrons. The van der Waals surface area contributed by atoms with Gasteiger partial charge in [-0.05, 0) is 57.1 Å². The second kappa shape index (κ2) is 9.59. The Morgan fingerprint density at radius 3 is 2.81 bits per heavy atom. The maximum absolute atomic E-state index is 12.6. The van der Waals surface area contributed by atoms with Gasteiger partial charge in [0.05, 0.1) is 16.9 Å². The van der Waals surface area contributed by atoms with E-state index in [0.29, 0.717) is 28.7 Å². The van der Waals surface area contributed by atoms with Crippen LogP contribution in [0.5, 0.6) is 0 Å². The second-order valence-corrected chi connectivity index (χ2v) is 9.62. The lowest BCUT2D eigenvalue weighted by molar-refractivity contribution is -0.124. The van der Waals surface area contributed by atoms with E-state index in [2.05, 4.69) is 26.7 Å². The zero-order valence-electron chi connectivity index (χ0n) is 18.2. The van der Waals surface area contributed by atoms with E-state index >= 15 is 0 Å². The summed E-state index contributed by atoms with van der Waals surface area (Å²) in [7, 11) is 0. The Morgan fingerprint density at radius 1 is 1.16 bits per heavy atom. The first-order valence-electron chi connectivity index (χ1n) is 11.8. The van der Waals surface area contributed by atoms with Gasteiger partial charge in [0.25, 0.3) is 0 Å². The van der Waals surface area contributed by atoms with Crippen molar-refractivity contribution in [3.63, 3.8) is 0 Å². The summed E-state index contributed by atoms with van der Waals surface area (Å²) in [6, 6.07) is 8.46. The topological polar surface area (TPSA) is 82.7 Å². The van der Waals surface area contributed by atoms with E-state index in [1.54, 1.807) is 6.20 Å². The molecule has 1 saturated heterocycles. The van der Waals surface area contributed by atoms with Gasteiger partial charge >= 0.3 is 0 Å². The molecule has 2 aliphatic rings. The average Bonchev–Trinajstić information content (AvgIpc) is 3.26. The SMILES string of the molecule is O=C(CC1CCC(Nc2ncc(Cl)c(-c3c[nH]c4ccccc34)n2)CC1)C1CCCNC1. The number of aromatic amines is 1. The fourth-order valence-corrected chi connectivity index (χ4v) is 5.36. The number of rotatable bonds is 6. The monoisotopic (exact) mass is 451 g/mol. The van der Waals surface area contributed by atoms with Gasteiger partial charge < -0.3 is 15.6 Å². The lowest BCUT2D eigenvalue weighted by Crippen LogP contribution is -2.35. The average molecular weight is 452 g/mol. The summed E-state index contributed by atoms with van der Waals surface area (Å²) in [5.74, 6) is 1.81. The van der Waals surface area contributed by atoms with Crippen molar-refractivity contribution in [2.45, 2.75) is 51.0 Å². The van der Waals surface area contributed by atoms with E-state index in [9.17, 15) is 4.79 Å². The first-order chi connectivity index (χ1) is 15.7. The number of nitrogens with one attached hydrogen (secondary N) is 3. The summed E-state index contributed by atoms with van der Waals surface area (Å²) in [6.45, 7) is 1.91. The van der Waals surface area contributed by atoms with E-state index in [1.165, 1.54) is 0 Å². The molecule has 3 N–H and O–H groups in total. The van der Waals surface area contributed by atoms with E-state index in [1.807, 2.05) is 24.4 Å². The molecule has 6 nitrogen and oxygen atoms in total. The Balaban J connectivity index is 1.20. The van der Waals surface area contributed by atoms with Gasteiger partial charge in [0, 0.05) is 47.6 Å². The highest BCUT2D eigenvalue weighted by atomic mass is 35.5. The number of carbonyl (C=O) groups excluding carboxylic acids is 1. The number of hydrogen-bond donors (Lipinski definition) is 3. The van der Waals surface area contributed by atoms with Crippen LogP contribution >= 0.6 is 11.6 Å². The molecule has 1 saturated carbocycles. The number of Topliss-reactive ketones (excluding diaryl/α,β-unsaturated/α-hetero) is 1. The molecule has 32 heavy (non-hydrogen) atoms. The molecular weight excluding hydrogens is 422 g/mol. The standard InChI is InChI=1S/C25H30ClN5O/c26-21-15-29-25(31-24(21)20-14-28-22-6-2-1-5-19(20)22)30-18-9-7-16(8-10-18)12-23(32)17-4-3-11-27-13-17/h1-2,5-6,14-18,27-28H,3-4,7-13H2,(H,29,30,31). The van der Waals surface area contributed by atoms with Crippen molar-refractivity contribution in [1.82, 2.24) is 20.3 Å². The first-order valence-corrected chi connectivity index (χ1v) is 12.1. The molecule has 7 heteroatoms. The highest BCUT2D eigenvalue weighted by molar-refractivity contribution is 6.33. The molecule has 0 amide bonds. The molecule has 5 rings (SSSR count). The van der Waals surface area contributed by atoms with Gasteiger partial charge in [-0.3, -0.25) is 4.79 Å². The third kappa shape index (κ3) is 4.66. The van der Waals surface area contributed by atoms with Crippen LogP contribution in [0, 0.1) is 11.8 Å².